The molecule has 4 heteroatoms. The average molecular weight is 240 g/mol. The largest absolute Gasteiger partial charge is 0.468 e. The Hall–Kier alpha value is -0.870. The van der Waals surface area contributed by atoms with E-state index in [1.165, 1.54) is 7.11 Å². The molecule has 1 rings (SSSR count). The van der Waals surface area contributed by atoms with Crippen molar-refractivity contribution in [2.24, 2.45) is 5.92 Å². The molecule has 0 radical (unpaired) electrons. The molecule has 0 saturated carbocycles. The number of esters is 1. The van der Waals surface area contributed by atoms with Crippen LogP contribution in [0.5, 0.6) is 0 Å². The average Bonchev–Trinajstić information content (AvgIpc) is 2.34. The summed E-state index contributed by atoms with van der Waals surface area (Å²) in [6.45, 7) is 1.74. The Balaban J connectivity index is 2.48. The van der Waals surface area contributed by atoms with Crippen LogP contribution in [-0.2, 0) is 9.53 Å². The van der Waals surface area contributed by atoms with Crippen LogP contribution in [0.1, 0.15) is 19.3 Å². The Kier molecular flexibility index (Phi) is 6.22. The van der Waals surface area contributed by atoms with Gasteiger partial charge in [0.2, 0.25) is 0 Å². The molecule has 0 aliphatic heterocycles. The Morgan fingerprint density at radius 2 is 2.29 bits per heavy atom. The van der Waals surface area contributed by atoms with Crippen molar-refractivity contribution in [2.45, 2.75) is 25.3 Å². The third kappa shape index (κ3) is 4.88. The van der Waals surface area contributed by atoms with Crippen LogP contribution in [0.3, 0.4) is 0 Å². The van der Waals surface area contributed by atoms with E-state index in [9.17, 15) is 4.79 Å². The highest BCUT2D eigenvalue weighted by Gasteiger charge is 2.28. The first-order valence-electron chi connectivity index (χ1n) is 6.26. The predicted octanol–water partition coefficient (Wildman–Crippen LogP) is 1.04. The third-order valence-corrected chi connectivity index (χ3v) is 3.16. The standard InChI is InChI=1S/C13H24N2O2/c1-15(2)10-9-14-12(13(16)17-3)11-7-5-4-6-8-11/h4-5,11-12,14H,6-10H2,1-3H3. The van der Waals surface area contributed by atoms with E-state index >= 15 is 0 Å². The molecule has 0 aromatic rings. The van der Waals surface area contributed by atoms with Crippen LogP contribution in [0.2, 0.25) is 0 Å². The molecule has 0 spiro atoms. The summed E-state index contributed by atoms with van der Waals surface area (Å²) in [6, 6.07) is -0.162. The molecule has 1 N–H and O–H groups in total. The van der Waals surface area contributed by atoms with Crippen molar-refractivity contribution in [1.82, 2.24) is 10.2 Å². The fourth-order valence-electron chi connectivity index (χ4n) is 2.13. The molecule has 2 unspecified atom stereocenters. The number of ether oxygens (including phenoxy) is 1. The van der Waals surface area contributed by atoms with Gasteiger partial charge in [0, 0.05) is 13.1 Å². The quantitative estimate of drug-likeness (QED) is 0.556. The molecule has 0 heterocycles. The summed E-state index contributed by atoms with van der Waals surface area (Å²) < 4.78 is 4.88. The van der Waals surface area contributed by atoms with Gasteiger partial charge in [-0.1, -0.05) is 12.2 Å². The monoisotopic (exact) mass is 240 g/mol. The van der Waals surface area contributed by atoms with E-state index in [-0.39, 0.29) is 12.0 Å². The topological polar surface area (TPSA) is 41.6 Å². The van der Waals surface area contributed by atoms with Gasteiger partial charge in [-0.3, -0.25) is 4.79 Å². The maximum absolute atomic E-state index is 11.8. The van der Waals surface area contributed by atoms with E-state index in [0.717, 1.165) is 32.4 Å². The van der Waals surface area contributed by atoms with Gasteiger partial charge >= 0.3 is 5.97 Å². The van der Waals surface area contributed by atoms with E-state index in [1.54, 1.807) is 0 Å². The van der Waals surface area contributed by atoms with Crippen LogP contribution in [0.25, 0.3) is 0 Å². The number of methoxy groups -OCH3 is 1. The van der Waals surface area contributed by atoms with Crippen LogP contribution in [-0.4, -0.2) is 51.2 Å². The van der Waals surface area contributed by atoms with Crippen LogP contribution >= 0.6 is 0 Å². The van der Waals surface area contributed by atoms with Gasteiger partial charge < -0.3 is 15.0 Å². The lowest BCUT2D eigenvalue weighted by Crippen LogP contribution is -2.46. The van der Waals surface area contributed by atoms with Gasteiger partial charge in [0.15, 0.2) is 0 Å². The van der Waals surface area contributed by atoms with Crippen LogP contribution < -0.4 is 5.32 Å². The molecule has 1 aliphatic rings. The zero-order valence-corrected chi connectivity index (χ0v) is 11.1. The number of rotatable bonds is 6. The number of nitrogens with zero attached hydrogens (tertiary/aromatic N) is 1. The number of carbonyl (C=O) groups is 1. The first kappa shape index (κ1) is 14.2. The number of allylic oxidation sites excluding steroid dienone is 2. The molecular weight excluding hydrogens is 216 g/mol. The maximum atomic E-state index is 11.8. The minimum absolute atomic E-state index is 0.135. The Labute approximate surface area is 104 Å². The normalized spacial score (nSPS) is 21.5. The van der Waals surface area contributed by atoms with Gasteiger partial charge in [-0.25, -0.2) is 0 Å². The van der Waals surface area contributed by atoms with Crippen LogP contribution in [0.15, 0.2) is 12.2 Å². The smallest absolute Gasteiger partial charge is 0.323 e. The van der Waals surface area contributed by atoms with E-state index in [2.05, 4.69) is 22.4 Å². The first-order valence-corrected chi connectivity index (χ1v) is 6.26. The molecule has 0 saturated heterocycles. The minimum atomic E-state index is -0.162. The Morgan fingerprint density at radius 1 is 1.53 bits per heavy atom. The lowest BCUT2D eigenvalue weighted by Gasteiger charge is -2.27. The highest BCUT2D eigenvalue weighted by Crippen LogP contribution is 2.22. The second kappa shape index (κ2) is 7.45. The van der Waals surface area contributed by atoms with Gasteiger partial charge in [0.05, 0.1) is 7.11 Å². The van der Waals surface area contributed by atoms with E-state index < -0.39 is 0 Å². The maximum Gasteiger partial charge on any atom is 0.323 e. The number of hydrogen-bond donors (Lipinski definition) is 1. The Morgan fingerprint density at radius 3 is 2.82 bits per heavy atom. The molecule has 17 heavy (non-hydrogen) atoms. The minimum Gasteiger partial charge on any atom is -0.468 e. The van der Waals surface area contributed by atoms with E-state index in [4.69, 9.17) is 4.74 Å². The third-order valence-electron chi connectivity index (χ3n) is 3.16. The molecular formula is C13H24N2O2. The molecule has 0 bridgehead atoms. The Bertz CT molecular complexity index is 264. The van der Waals surface area contributed by atoms with Gasteiger partial charge in [-0.15, -0.1) is 0 Å². The van der Waals surface area contributed by atoms with Gasteiger partial charge in [-0.2, -0.15) is 0 Å². The molecule has 2 atom stereocenters. The summed E-state index contributed by atoms with van der Waals surface area (Å²) in [5.74, 6) is 0.235. The van der Waals surface area contributed by atoms with Crippen LogP contribution in [0.4, 0.5) is 0 Å². The van der Waals surface area contributed by atoms with Gasteiger partial charge in [0.25, 0.3) is 0 Å². The number of carbonyl (C=O) groups excluding carboxylic acids is 1. The number of nitrogens with one attached hydrogen (secondary N) is 1. The second-order valence-corrected chi connectivity index (χ2v) is 4.80. The van der Waals surface area contributed by atoms with E-state index in [0.29, 0.717) is 5.92 Å². The second-order valence-electron chi connectivity index (χ2n) is 4.80. The summed E-state index contributed by atoms with van der Waals surface area (Å²) in [4.78, 5) is 13.9. The molecule has 0 amide bonds. The fraction of sp³-hybridized carbons (Fsp3) is 0.769. The summed E-state index contributed by atoms with van der Waals surface area (Å²) in [5, 5.41) is 3.32. The molecule has 0 fully saturated rings. The summed E-state index contributed by atoms with van der Waals surface area (Å²) >= 11 is 0. The molecule has 98 valence electrons. The van der Waals surface area contributed by atoms with Crippen molar-refractivity contribution in [3.63, 3.8) is 0 Å². The lowest BCUT2D eigenvalue weighted by molar-refractivity contribution is -0.144. The van der Waals surface area contributed by atoms with Crippen molar-refractivity contribution in [1.29, 1.82) is 0 Å². The zero-order chi connectivity index (χ0) is 12.7. The summed E-state index contributed by atoms with van der Waals surface area (Å²) in [6.07, 6.45) is 7.44. The molecule has 0 aromatic carbocycles. The van der Waals surface area contributed by atoms with Crippen molar-refractivity contribution in [2.75, 3.05) is 34.3 Å². The van der Waals surface area contributed by atoms with Crippen LogP contribution in [0, 0.1) is 5.92 Å². The van der Waals surface area contributed by atoms with Crippen molar-refractivity contribution >= 4 is 5.97 Å². The van der Waals surface area contributed by atoms with Gasteiger partial charge in [-0.05, 0) is 39.3 Å². The summed E-state index contributed by atoms with van der Waals surface area (Å²) in [7, 11) is 5.51. The summed E-state index contributed by atoms with van der Waals surface area (Å²) in [5.41, 5.74) is 0. The highest BCUT2D eigenvalue weighted by atomic mass is 16.5. The molecule has 1 aliphatic carbocycles. The van der Waals surface area contributed by atoms with Gasteiger partial charge in [0.1, 0.15) is 6.04 Å². The van der Waals surface area contributed by atoms with Crippen molar-refractivity contribution in [3.05, 3.63) is 12.2 Å². The van der Waals surface area contributed by atoms with E-state index in [1.807, 2.05) is 14.1 Å². The molecule has 4 nitrogen and oxygen atoms in total. The lowest BCUT2D eigenvalue weighted by atomic mass is 9.87. The first-order chi connectivity index (χ1) is 8.15. The number of likely N-dealkylation sites (N-methyl/N-ethyl adjacent to an activating group) is 1. The fourth-order valence-corrected chi connectivity index (χ4v) is 2.13. The van der Waals surface area contributed by atoms with Crippen molar-refractivity contribution in [3.8, 4) is 0 Å². The highest BCUT2D eigenvalue weighted by molar-refractivity contribution is 5.76. The van der Waals surface area contributed by atoms with Crippen molar-refractivity contribution < 1.29 is 9.53 Å². The zero-order valence-electron chi connectivity index (χ0n) is 11.1. The number of hydrogen-bond acceptors (Lipinski definition) is 4. The predicted molar refractivity (Wildman–Crippen MR) is 68.8 cm³/mol. The SMILES string of the molecule is COC(=O)C(NCCN(C)C)C1CC=CCC1. The molecule has 0 aromatic heterocycles.